The average Bonchev–Trinajstić information content (AvgIpc) is 2.94. The van der Waals surface area contributed by atoms with Crippen LogP contribution >= 0.6 is 11.3 Å². The number of hydrogen-bond donors (Lipinski definition) is 1. The normalized spacial score (nSPS) is 39.0. The second-order valence-corrected chi connectivity index (χ2v) is 8.64. The maximum absolute atomic E-state index is 6.85. The molecule has 4 aliphatic carbocycles. The van der Waals surface area contributed by atoms with Crippen molar-refractivity contribution in [3.05, 3.63) is 35.2 Å². The van der Waals surface area contributed by atoms with Gasteiger partial charge in [-0.15, -0.1) is 11.3 Å². The van der Waals surface area contributed by atoms with Gasteiger partial charge in [-0.3, -0.25) is 0 Å². The van der Waals surface area contributed by atoms with Crippen LogP contribution in [-0.2, 0) is 0 Å². The molecule has 2 heteroatoms. The highest BCUT2D eigenvalue weighted by Gasteiger charge is 2.50. The van der Waals surface area contributed by atoms with Crippen LogP contribution in [0.2, 0.25) is 0 Å². The minimum Gasteiger partial charge on any atom is -0.324 e. The van der Waals surface area contributed by atoms with Gasteiger partial charge in [0.25, 0.3) is 0 Å². The van der Waals surface area contributed by atoms with Crippen LogP contribution in [0.25, 0.3) is 10.1 Å². The summed E-state index contributed by atoms with van der Waals surface area (Å²) in [4.78, 5) is 0. The summed E-state index contributed by atoms with van der Waals surface area (Å²) in [6, 6.07) is 9.18. The van der Waals surface area contributed by atoms with Crippen LogP contribution in [0.5, 0.6) is 0 Å². The molecule has 110 valence electrons. The van der Waals surface area contributed by atoms with Crippen molar-refractivity contribution >= 4 is 21.4 Å². The van der Waals surface area contributed by atoms with Crippen LogP contribution in [0.15, 0.2) is 29.6 Å². The maximum atomic E-state index is 6.85. The van der Waals surface area contributed by atoms with Gasteiger partial charge in [0, 0.05) is 10.7 Å². The Kier molecular flexibility index (Phi) is 2.75. The summed E-state index contributed by atoms with van der Waals surface area (Å²) in [7, 11) is 0. The molecule has 2 N–H and O–H groups in total. The number of hydrogen-bond acceptors (Lipinski definition) is 2. The first-order valence-corrected chi connectivity index (χ1v) is 9.39. The van der Waals surface area contributed by atoms with Crippen LogP contribution in [0.4, 0.5) is 0 Å². The molecule has 6 rings (SSSR count). The van der Waals surface area contributed by atoms with Crippen molar-refractivity contribution in [1.29, 1.82) is 0 Å². The van der Waals surface area contributed by atoms with Crippen molar-refractivity contribution in [3.63, 3.8) is 0 Å². The fraction of sp³-hybridized carbons (Fsp3) is 0.579. The van der Waals surface area contributed by atoms with Gasteiger partial charge in [0.05, 0.1) is 0 Å². The van der Waals surface area contributed by atoms with E-state index in [0.717, 1.165) is 29.6 Å². The van der Waals surface area contributed by atoms with Crippen LogP contribution in [-0.4, -0.2) is 0 Å². The van der Waals surface area contributed by atoms with E-state index in [2.05, 4.69) is 29.6 Å². The zero-order valence-electron chi connectivity index (χ0n) is 12.4. The molecule has 1 aromatic heterocycles. The van der Waals surface area contributed by atoms with E-state index < -0.39 is 0 Å². The van der Waals surface area contributed by atoms with Crippen LogP contribution in [0.3, 0.4) is 0 Å². The lowest BCUT2D eigenvalue weighted by atomic mass is 9.50. The molecule has 4 fully saturated rings. The Bertz CT molecular complexity index is 645. The SMILES string of the molecule is NC(c1cccc2ccsc12)C1C2CC3CC(C2)CC1C3. The monoisotopic (exact) mass is 297 g/mol. The van der Waals surface area contributed by atoms with E-state index in [0.29, 0.717) is 0 Å². The third-order valence-corrected chi connectivity index (χ3v) is 7.56. The van der Waals surface area contributed by atoms with Gasteiger partial charge in [-0.2, -0.15) is 0 Å². The number of nitrogens with two attached hydrogens (primary N) is 1. The molecule has 1 aromatic carbocycles. The average molecular weight is 297 g/mol. The summed E-state index contributed by atoms with van der Waals surface area (Å²) in [5.74, 6) is 4.63. The fourth-order valence-electron chi connectivity index (χ4n) is 6.04. The molecule has 2 aromatic rings. The first-order valence-electron chi connectivity index (χ1n) is 8.51. The van der Waals surface area contributed by atoms with Gasteiger partial charge in [-0.25, -0.2) is 0 Å². The maximum Gasteiger partial charge on any atom is 0.0390 e. The van der Waals surface area contributed by atoms with Crippen molar-refractivity contribution in [1.82, 2.24) is 0 Å². The molecular weight excluding hydrogens is 274 g/mol. The molecular formula is C19H23NS. The Morgan fingerprint density at radius 2 is 1.67 bits per heavy atom. The lowest BCUT2D eigenvalue weighted by Crippen LogP contribution is -2.48. The van der Waals surface area contributed by atoms with Crippen LogP contribution < -0.4 is 5.73 Å². The first-order chi connectivity index (χ1) is 10.3. The van der Waals surface area contributed by atoms with Gasteiger partial charge in [-0.05, 0) is 84.1 Å². The summed E-state index contributed by atoms with van der Waals surface area (Å²) in [5.41, 5.74) is 8.27. The Hall–Kier alpha value is -0.860. The smallest absolute Gasteiger partial charge is 0.0390 e. The Balaban J connectivity index is 1.54. The second kappa shape index (κ2) is 4.57. The van der Waals surface area contributed by atoms with Crippen molar-refractivity contribution in [3.8, 4) is 0 Å². The number of fused-ring (bicyclic) bond motifs is 1. The lowest BCUT2D eigenvalue weighted by Gasteiger charge is -2.56. The summed E-state index contributed by atoms with van der Waals surface area (Å²) in [5, 5.41) is 3.58. The van der Waals surface area contributed by atoms with Crippen molar-refractivity contribution in [2.24, 2.45) is 35.3 Å². The molecule has 0 saturated heterocycles. The Morgan fingerprint density at radius 1 is 0.952 bits per heavy atom. The summed E-state index contributed by atoms with van der Waals surface area (Å²) >= 11 is 1.86. The zero-order valence-corrected chi connectivity index (χ0v) is 13.2. The van der Waals surface area contributed by atoms with E-state index in [-0.39, 0.29) is 6.04 Å². The van der Waals surface area contributed by atoms with Gasteiger partial charge in [0.15, 0.2) is 0 Å². The molecule has 0 aliphatic heterocycles. The molecule has 4 saturated carbocycles. The third kappa shape index (κ3) is 1.85. The molecule has 0 radical (unpaired) electrons. The van der Waals surface area contributed by atoms with Crippen molar-refractivity contribution in [2.45, 2.75) is 38.1 Å². The fourth-order valence-corrected chi connectivity index (χ4v) is 7.00. The standard InChI is InChI=1S/C19H23NS/c20-18(16-3-1-2-13-4-5-21-19(13)16)17-14-7-11-6-12(9-14)10-15(17)8-11/h1-5,11-12,14-15,17-18H,6-10,20H2. The van der Waals surface area contributed by atoms with Crippen LogP contribution in [0.1, 0.15) is 43.7 Å². The van der Waals surface area contributed by atoms with E-state index in [9.17, 15) is 0 Å². The molecule has 0 spiro atoms. The largest absolute Gasteiger partial charge is 0.324 e. The predicted molar refractivity (Wildman–Crippen MR) is 89.3 cm³/mol. The molecule has 1 unspecified atom stereocenters. The van der Waals surface area contributed by atoms with Gasteiger partial charge in [0.1, 0.15) is 0 Å². The second-order valence-electron chi connectivity index (χ2n) is 7.72. The van der Waals surface area contributed by atoms with E-state index in [4.69, 9.17) is 5.73 Å². The zero-order chi connectivity index (χ0) is 14.0. The highest BCUT2D eigenvalue weighted by atomic mass is 32.1. The van der Waals surface area contributed by atoms with E-state index >= 15 is 0 Å². The van der Waals surface area contributed by atoms with Gasteiger partial charge >= 0.3 is 0 Å². The summed E-state index contributed by atoms with van der Waals surface area (Å²) in [6.07, 6.45) is 7.38. The van der Waals surface area contributed by atoms with Gasteiger partial charge < -0.3 is 5.73 Å². The molecule has 4 aliphatic rings. The minimum atomic E-state index is 0.252. The Labute approximate surface area is 130 Å². The number of rotatable bonds is 2. The molecule has 0 amide bonds. The topological polar surface area (TPSA) is 26.0 Å². The molecule has 4 bridgehead atoms. The summed E-state index contributed by atoms with van der Waals surface area (Å²) in [6.45, 7) is 0. The number of benzene rings is 1. The van der Waals surface area contributed by atoms with Crippen molar-refractivity contribution in [2.75, 3.05) is 0 Å². The molecule has 1 nitrogen and oxygen atoms in total. The number of thiophene rings is 1. The highest BCUT2D eigenvalue weighted by molar-refractivity contribution is 7.17. The molecule has 21 heavy (non-hydrogen) atoms. The molecule has 1 atom stereocenters. The Morgan fingerprint density at radius 3 is 2.38 bits per heavy atom. The predicted octanol–water partition coefficient (Wildman–Crippen LogP) is 4.97. The van der Waals surface area contributed by atoms with Crippen LogP contribution in [0, 0.1) is 29.6 Å². The van der Waals surface area contributed by atoms with E-state index in [1.165, 1.54) is 47.8 Å². The first kappa shape index (κ1) is 12.7. The van der Waals surface area contributed by atoms with Gasteiger partial charge in [0.2, 0.25) is 0 Å². The third-order valence-electron chi connectivity index (χ3n) is 6.58. The quantitative estimate of drug-likeness (QED) is 0.831. The summed E-state index contributed by atoms with van der Waals surface area (Å²) < 4.78 is 1.43. The van der Waals surface area contributed by atoms with E-state index in [1.54, 1.807) is 0 Å². The minimum absolute atomic E-state index is 0.252. The highest BCUT2D eigenvalue weighted by Crippen LogP contribution is 2.59. The molecule has 1 heterocycles. The van der Waals surface area contributed by atoms with Gasteiger partial charge in [-0.1, -0.05) is 18.2 Å². The lowest BCUT2D eigenvalue weighted by molar-refractivity contribution is -0.0469. The van der Waals surface area contributed by atoms with Crippen molar-refractivity contribution < 1.29 is 0 Å². The van der Waals surface area contributed by atoms with E-state index in [1.807, 2.05) is 11.3 Å².